The topological polar surface area (TPSA) is 475 Å². The number of unbranched alkanes of at least 4 members (excludes halogenated alkanes) is 10. The molecule has 44 heteroatoms. The third-order valence-electron chi connectivity index (χ3n) is 23.2. The molecule has 6 heterocycles. The lowest BCUT2D eigenvalue weighted by atomic mass is 9.79. The fraction of sp³-hybridized carbons (Fsp3) is 0.677. The normalized spacial score (nSPS) is 19.2. The van der Waals surface area contributed by atoms with E-state index < -0.39 is 0 Å². The van der Waals surface area contributed by atoms with E-state index in [0.29, 0.717) is 113 Å². The lowest BCUT2D eigenvalue weighted by Gasteiger charge is -2.30. The Morgan fingerprint density at radius 2 is 0.441 bits per heavy atom. The maximum Gasteiger partial charge on any atom is 0.253 e. The maximum absolute atomic E-state index is 12.3. The molecule has 10 rings (SSSR count). The highest BCUT2D eigenvalue weighted by molar-refractivity contribution is 14.2. The molecule has 32 nitrogen and oxygen atoms in total. The molecule has 0 bridgehead atoms. The van der Waals surface area contributed by atoms with E-state index in [9.17, 15) is 95.9 Å². The van der Waals surface area contributed by atoms with E-state index in [0.717, 1.165) is 193 Å². The number of Topliss-reactive ketones (excluding diaryl/α,β-unsaturated/α-hetero) is 5. The van der Waals surface area contributed by atoms with Gasteiger partial charge in [-0.3, -0.25) is 116 Å². The molecule has 820 valence electrons. The number of hydrogen-bond acceptors (Lipinski definition) is 29. The standard InChI is InChI=1S/C20H30N2O4.C20H29NO4.C13H18N2O3.C13H17NO3.C11H16N2O3.C11H15NO3.6CH3IS.3CH5N.2CH4/c1-21-18(24)7-5-3-2-4-6-17(23)16-10-8-15(9-11-16)14-22-19(25)12-13-20(22)26;1-15(22)6-4-2-3-5-7-18(23)17-10-8-16(9-11-17)14-21-19(24)12-13-20(21)25;1-14-13(18)10-4-2-9(3-5-10)8-15-11(16)6-7-12(15)17;1-9(15)11-4-2-10(3-5-11)8-14-12(16)6-7-13(14)17;1-12-9(14)5-3-2-4-8-13-10(15)6-7-11(13)16;1-9(13)5-3-2-4-8-12-10(14)6-7-11(12)15;6*1-3-2;3*1-2;;/h12-13,15-16H,2-11,14H2,1H3,(H,21,24);12-13,16-17H,2-11,14H2,1H3;6-7,9-10H,2-5,8H2,1H3,(H,14,18);6-7,10-11H,2-5,8H2,1H3;6-7H,2-5,8H2,1H3,(H,12,14);6-7H,2-5,8H2,1H3;6*1H3;3*2H2,1H3;2*1H4. The van der Waals surface area contributed by atoms with Crippen molar-refractivity contribution in [1.29, 1.82) is 0 Å². The van der Waals surface area contributed by atoms with E-state index in [1.54, 1.807) is 95.5 Å². The van der Waals surface area contributed by atoms with E-state index in [-0.39, 0.29) is 144 Å². The third-order valence-corrected chi connectivity index (χ3v) is 23.2. The molecule has 0 aromatic carbocycles. The summed E-state index contributed by atoms with van der Waals surface area (Å²) >= 11 is 13.2. The van der Waals surface area contributed by atoms with Crippen LogP contribution in [-0.2, 0) is 95.9 Å². The van der Waals surface area contributed by atoms with Crippen molar-refractivity contribution in [3.05, 3.63) is 72.9 Å². The fourth-order valence-electron chi connectivity index (χ4n) is 15.9. The number of nitrogens with two attached hydrogens (primary N) is 3. The van der Waals surface area contributed by atoms with Crippen LogP contribution in [0.3, 0.4) is 0 Å². The monoisotopic (exact) mass is 2800 g/mol. The summed E-state index contributed by atoms with van der Waals surface area (Å²) < 4.78 is 0. The highest BCUT2D eigenvalue weighted by Crippen LogP contribution is 2.36. The van der Waals surface area contributed by atoms with Crippen LogP contribution in [0.1, 0.15) is 267 Å². The average molecular weight is 2800 g/mol. The summed E-state index contributed by atoms with van der Waals surface area (Å²) in [7, 11) is 19.7. The first-order chi connectivity index (χ1) is 67.4. The number of imide groups is 6. The second-order valence-corrected chi connectivity index (χ2v) is 50.7. The average Bonchev–Trinajstić information content (AvgIpc) is 1.74. The molecule has 6 aliphatic heterocycles. The molecule has 0 spiro atoms. The van der Waals surface area contributed by atoms with Crippen molar-refractivity contribution in [2.45, 2.75) is 267 Å². The molecular formula is C99H166I6N12O20S6. The van der Waals surface area contributed by atoms with Crippen LogP contribution < -0.4 is 33.2 Å². The number of nitrogens with zero attached hydrogens (tertiary/aromatic N) is 6. The minimum atomic E-state index is -0.240. The SMILES string of the molecule is C.C.CC(=O)C1CCC(CN2C(=O)C=CC2=O)CC1.CC(=O)CCCCCCC(=O)C1CCC(CN2C(=O)C=CC2=O)CC1.CC(=O)CCCCCN1C(=O)C=CC1=O.CN.CN.CN.CNC(=O)C1CCC(CN2C(=O)C=CC2=O)CC1.CNC(=O)CCCCCCC(=O)C1CCC(CN2C(=O)C=CC2=O)CC1.CNC(=O)CCCCCN1C(=O)C=CC1=O.CSI.CSI.CSI.CSI.CSI.CSI. The molecule has 143 heavy (non-hydrogen) atoms. The zero-order valence-corrected chi connectivity index (χ0v) is 103. The van der Waals surface area contributed by atoms with Crippen molar-refractivity contribution >= 4 is 298 Å². The molecule has 0 aromatic rings. The number of halogens is 6. The van der Waals surface area contributed by atoms with E-state index >= 15 is 0 Å². The van der Waals surface area contributed by atoms with Crippen LogP contribution in [0, 0.1) is 47.3 Å². The van der Waals surface area contributed by atoms with Crippen LogP contribution in [0.4, 0.5) is 0 Å². The summed E-state index contributed by atoms with van der Waals surface area (Å²) in [5, 5.41) is 7.82. The zero-order valence-electron chi connectivity index (χ0n) is 85.0. The molecule has 4 saturated carbocycles. The minimum Gasteiger partial charge on any atom is -0.359 e. The summed E-state index contributed by atoms with van der Waals surface area (Å²) in [6, 6.07) is 0. The Labute approximate surface area is 952 Å². The van der Waals surface area contributed by atoms with Gasteiger partial charge in [0.1, 0.15) is 28.9 Å². The van der Waals surface area contributed by atoms with Gasteiger partial charge in [0.15, 0.2) is 0 Å². The molecule has 0 saturated heterocycles. The largest absolute Gasteiger partial charge is 0.359 e. The van der Waals surface area contributed by atoms with Crippen LogP contribution in [0.5, 0.6) is 0 Å². The number of hydrogen-bond donors (Lipinski definition) is 6. The van der Waals surface area contributed by atoms with Gasteiger partial charge in [-0.25, -0.2) is 0 Å². The Morgan fingerprint density at radius 3 is 0.629 bits per heavy atom. The number of nitrogens with one attached hydrogen (secondary N) is 3. The Bertz CT molecular complexity index is 3800. The van der Waals surface area contributed by atoms with Crippen molar-refractivity contribution < 1.29 is 95.9 Å². The first-order valence-electron chi connectivity index (χ1n) is 47.4. The molecule has 0 radical (unpaired) electrons. The smallest absolute Gasteiger partial charge is 0.253 e. The predicted molar refractivity (Wildman–Crippen MR) is 643 cm³/mol. The molecule has 15 amide bonds. The van der Waals surface area contributed by atoms with Crippen LogP contribution in [0.25, 0.3) is 0 Å². The number of carbonyl (C=O) groups is 20. The van der Waals surface area contributed by atoms with Gasteiger partial charge < -0.3 is 42.7 Å². The molecule has 10 aliphatic rings. The fourth-order valence-corrected chi connectivity index (χ4v) is 15.9. The minimum absolute atomic E-state index is 0. The summed E-state index contributed by atoms with van der Waals surface area (Å²) in [5.41, 5.74) is 13.5. The summed E-state index contributed by atoms with van der Waals surface area (Å²) in [5.74, 6) is 0.853. The van der Waals surface area contributed by atoms with Crippen molar-refractivity contribution in [2.75, 3.05) is 119 Å². The van der Waals surface area contributed by atoms with Gasteiger partial charge >= 0.3 is 0 Å². The highest BCUT2D eigenvalue weighted by Gasteiger charge is 2.36. The third kappa shape index (κ3) is 74.1. The Hall–Kier alpha value is -3.60. The summed E-state index contributed by atoms with van der Waals surface area (Å²) in [4.78, 5) is 235. The van der Waals surface area contributed by atoms with Gasteiger partial charge in [-0.2, -0.15) is 0 Å². The van der Waals surface area contributed by atoms with Gasteiger partial charge in [0.05, 0.1) is 0 Å². The number of amides is 15. The first kappa shape index (κ1) is 152. The number of ketones is 5. The van der Waals surface area contributed by atoms with Crippen molar-refractivity contribution in [3.8, 4) is 0 Å². The van der Waals surface area contributed by atoms with Crippen LogP contribution >= 0.6 is 181 Å². The Kier molecular flexibility index (Phi) is 107. The second kappa shape index (κ2) is 100. The van der Waals surface area contributed by atoms with E-state index in [4.69, 9.17) is 0 Å². The van der Waals surface area contributed by atoms with Crippen molar-refractivity contribution in [2.24, 2.45) is 64.5 Å². The van der Waals surface area contributed by atoms with Crippen LogP contribution in [-0.4, -0.2) is 266 Å². The van der Waals surface area contributed by atoms with E-state index in [2.05, 4.69) is 160 Å². The van der Waals surface area contributed by atoms with Crippen molar-refractivity contribution in [3.63, 3.8) is 0 Å². The van der Waals surface area contributed by atoms with Gasteiger partial charge in [0.25, 0.3) is 70.9 Å². The molecule has 9 N–H and O–H groups in total. The van der Waals surface area contributed by atoms with Gasteiger partial charge in [-0.15, -0.1) is 0 Å². The molecule has 4 aliphatic carbocycles. The Balaban J connectivity index is -0.000000298. The van der Waals surface area contributed by atoms with Gasteiger partial charge in [-0.05, 0) is 384 Å². The van der Waals surface area contributed by atoms with Crippen molar-refractivity contribution in [1.82, 2.24) is 45.3 Å². The van der Waals surface area contributed by atoms with Gasteiger partial charge in [-0.1, -0.05) is 107 Å². The predicted octanol–water partition coefficient (Wildman–Crippen LogP) is 18.8. The quantitative estimate of drug-likeness (QED) is 0.0190. The van der Waals surface area contributed by atoms with Crippen LogP contribution in [0.15, 0.2) is 72.9 Å². The number of rotatable bonds is 38. The summed E-state index contributed by atoms with van der Waals surface area (Å²) in [6.07, 6.45) is 58.2. The molecular weight excluding hydrogens is 2630 g/mol. The highest BCUT2D eigenvalue weighted by atomic mass is 127. The first-order valence-corrected chi connectivity index (χ1v) is 70.0. The molecule has 0 atom stereocenters. The van der Waals surface area contributed by atoms with Gasteiger partial charge in [0.2, 0.25) is 17.7 Å². The van der Waals surface area contributed by atoms with E-state index in [1.807, 2.05) is 37.5 Å². The molecule has 4 fully saturated rings. The lowest BCUT2D eigenvalue weighted by molar-refractivity contribution is -0.139. The molecule has 0 aromatic heterocycles. The second-order valence-electron chi connectivity index (χ2n) is 33.0. The maximum atomic E-state index is 12.3. The zero-order chi connectivity index (χ0) is 108. The van der Waals surface area contributed by atoms with Gasteiger partial charge in [0, 0.05) is 196 Å². The lowest BCUT2D eigenvalue weighted by Crippen LogP contribution is -2.37. The molecule has 0 unspecified atom stereocenters. The Morgan fingerprint density at radius 1 is 0.266 bits per heavy atom. The van der Waals surface area contributed by atoms with Crippen LogP contribution in [0.2, 0.25) is 0 Å². The number of carbonyl (C=O) groups excluding carboxylic acids is 20. The summed E-state index contributed by atoms with van der Waals surface area (Å²) in [6.45, 7) is 7.70. The van der Waals surface area contributed by atoms with E-state index in [1.165, 1.54) is 123 Å².